The van der Waals surface area contributed by atoms with Gasteiger partial charge in [-0.15, -0.1) is 11.3 Å². The van der Waals surface area contributed by atoms with Gasteiger partial charge in [0.15, 0.2) is 0 Å². The first-order valence-electron chi connectivity index (χ1n) is 6.11. The number of hydrogen-bond acceptors (Lipinski definition) is 4. The number of ether oxygens (including phenoxy) is 1. The monoisotopic (exact) mass is 240 g/mol. The molecule has 1 saturated heterocycles. The maximum atomic E-state index is 5.56. The van der Waals surface area contributed by atoms with Gasteiger partial charge >= 0.3 is 0 Å². The lowest BCUT2D eigenvalue weighted by Crippen LogP contribution is -2.27. The van der Waals surface area contributed by atoms with Gasteiger partial charge in [-0.05, 0) is 33.2 Å². The minimum atomic E-state index is 0.132. The second-order valence-electron chi connectivity index (χ2n) is 4.21. The minimum Gasteiger partial charge on any atom is -0.372 e. The molecule has 0 radical (unpaired) electrons. The quantitative estimate of drug-likeness (QED) is 0.878. The predicted octanol–water partition coefficient (Wildman–Crippen LogP) is 3.06. The third-order valence-corrected chi connectivity index (χ3v) is 4.00. The van der Waals surface area contributed by atoms with Gasteiger partial charge in [0, 0.05) is 12.0 Å². The van der Waals surface area contributed by atoms with Crippen molar-refractivity contribution in [2.24, 2.45) is 0 Å². The molecule has 2 unspecified atom stereocenters. The van der Waals surface area contributed by atoms with E-state index in [-0.39, 0.29) is 6.10 Å². The standard InChI is InChI=1S/C12H20N2OS/c1-3-15-9(2)12-14-11(8-16-12)10-6-4-5-7-13-10/h8-10,13H,3-7H2,1-2H3. The molecule has 2 rings (SSSR count). The van der Waals surface area contributed by atoms with Crippen molar-refractivity contribution in [3.63, 3.8) is 0 Å². The van der Waals surface area contributed by atoms with Crippen LogP contribution in [0.2, 0.25) is 0 Å². The van der Waals surface area contributed by atoms with E-state index in [0.29, 0.717) is 6.04 Å². The first-order chi connectivity index (χ1) is 7.81. The van der Waals surface area contributed by atoms with Crippen molar-refractivity contribution in [2.75, 3.05) is 13.2 Å². The molecule has 1 aromatic heterocycles. The van der Waals surface area contributed by atoms with E-state index in [9.17, 15) is 0 Å². The van der Waals surface area contributed by atoms with Crippen LogP contribution in [0.25, 0.3) is 0 Å². The summed E-state index contributed by atoms with van der Waals surface area (Å²) in [7, 11) is 0. The van der Waals surface area contributed by atoms with Crippen LogP contribution in [0.3, 0.4) is 0 Å². The third kappa shape index (κ3) is 2.81. The Labute approximate surface area is 101 Å². The zero-order chi connectivity index (χ0) is 11.4. The first kappa shape index (κ1) is 12.0. The molecular weight excluding hydrogens is 220 g/mol. The lowest BCUT2D eigenvalue weighted by molar-refractivity contribution is 0.0760. The van der Waals surface area contributed by atoms with Crippen LogP contribution < -0.4 is 5.32 Å². The Morgan fingerprint density at radius 2 is 2.50 bits per heavy atom. The largest absolute Gasteiger partial charge is 0.372 e. The van der Waals surface area contributed by atoms with Crippen LogP contribution in [-0.2, 0) is 4.74 Å². The molecule has 0 bridgehead atoms. The highest BCUT2D eigenvalue weighted by atomic mass is 32.1. The Hall–Kier alpha value is -0.450. The van der Waals surface area contributed by atoms with E-state index >= 15 is 0 Å². The number of nitrogens with zero attached hydrogens (tertiary/aromatic N) is 1. The van der Waals surface area contributed by atoms with Crippen molar-refractivity contribution in [2.45, 2.75) is 45.3 Å². The molecular formula is C12H20N2OS. The molecule has 90 valence electrons. The molecule has 1 aromatic rings. The summed E-state index contributed by atoms with van der Waals surface area (Å²) < 4.78 is 5.56. The molecule has 0 saturated carbocycles. The van der Waals surface area contributed by atoms with E-state index in [1.165, 1.54) is 25.0 Å². The van der Waals surface area contributed by atoms with Crippen molar-refractivity contribution in [1.82, 2.24) is 10.3 Å². The Morgan fingerprint density at radius 1 is 1.62 bits per heavy atom. The molecule has 0 aliphatic carbocycles. The highest BCUT2D eigenvalue weighted by molar-refractivity contribution is 7.09. The minimum absolute atomic E-state index is 0.132. The normalized spacial score (nSPS) is 23.2. The van der Waals surface area contributed by atoms with E-state index in [1.54, 1.807) is 11.3 Å². The Kier molecular flexibility index (Phi) is 4.32. The molecule has 1 aliphatic heterocycles. The average Bonchev–Trinajstić information content (AvgIpc) is 2.80. The molecule has 3 nitrogen and oxygen atoms in total. The van der Waals surface area contributed by atoms with Crippen LogP contribution in [-0.4, -0.2) is 18.1 Å². The van der Waals surface area contributed by atoms with Crippen LogP contribution in [0, 0.1) is 0 Å². The summed E-state index contributed by atoms with van der Waals surface area (Å²) in [5.41, 5.74) is 1.20. The molecule has 1 aliphatic rings. The Balaban J connectivity index is 2.00. The summed E-state index contributed by atoms with van der Waals surface area (Å²) in [5.74, 6) is 0. The number of thiazole rings is 1. The fraction of sp³-hybridized carbons (Fsp3) is 0.750. The number of piperidine rings is 1. The topological polar surface area (TPSA) is 34.1 Å². The van der Waals surface area contributed by atoms with Crippen LogP contribution in [0.4, 0.5) is 0 Å². The van der Waals surface area contributed by atoms with Crippen LogP contribution in [0.5, 0.6) is 0 Å². The number of rotatable bonds is 4. The van der Waals surface area contributed by atoms with Gasteiger partial charge in [-0.25, -0.2) is 4.98 Å². The third-order valence-electron chi connectivity index (χ3n) is 2.97. The molecule has 0 aromatic carbocycles. The van der Waals surface area contributed by atoms with Crippen LogP contribution in [0.15, 0.2) is 5.38 Å². The predicted molar refractivity (Wildman–Crippen MR) is 66.7 cm³/mol. The van der Waals surface area contributed by atoms with Crippen molar-refractivity contribution in [3.05, 3.63) is 16.1 Å². The van der Waals surface area contributed by atoms with E-state index in [2.05, 4.69) is 22.6 Å². The maximum Gasteiger partial charge on any atom is 0.122 e. The maximum absolute atomic E-state index is 5.56. The van der Waals surface area contributed by atoms with E-state index in [4.69, 9.17) is 4.74 Å². The molecule has 0 amide bonds. The van der Waals surface area contributed by atoms with Gasteiger partial charge < -0.3 is 10.1 Å². The second kappa shape index (κ2) is 5.75. The summed E-state index contributed by atoms with van der Waals surface area (Å²) in [6.07, 6.45) is 3.95. The Morgan fingerprint density at radius 3 is 3.19 bits per heavy atom. The number of hydrogen-bond donors (Lipinski definition) is 1. The molecule has 1 N–H and O–H groups in total. The summed E-state index contributed by atoms with van der Waals surface area (Å²) in [6, 6.07) is 0.465. The second-order valence-corrected chi connectivity index (χ2v) is 5.10. The Bertz CT molecular complexity index is 321. The lowest BCUT2D eigenvalue weighted by atomic mass is 10.0. The van der Waals surface area contributed by atoms with Gasteiger partial charge in [-0.2, -0.15) is 0 Å². The van der Waals surface area contributed by atoms with Crippen LogP contribution in [0.1, 0.15) is 56.0 Å². The van der Waals surface area contributed by atoms with Gasteiger partial charge in [0.05, 0.1) is 11.7 Å². The van der Waals surface area contributed by atoms with Gasteiger partial charge in [0.25, 0.3) is 0 Å². The van der Waals surface area contributed by atoms with Gasteiger partial charge in [0.1, 0.15) is 11.1 Å². The van der Waals surface area contributed by atoms with Crippen molar-refractivity contribution in [1.29, 1.82) is 0 Å². The van der Waals surface area contributed by atoms with E-state index in [1.807, 2.05) is 6.92 Å². The van der Waals surface area contributed by atoms with Crippen molar-refractivity contribution in [3.8, 4) is 0 Å². The van der Waals surface area contributed by atoms with E-state index < -0.39 is 0 Å². The van der Waals surface area contributed by atoms with E-state index in [0.717, 1.165) is 18.2 Å². The highest BCUT2D eigenvalue weighted by Gasteiger charge is 2.19. The van der Waals surface area contributed by atoms with Crippen LogP contribution >= 0.6 is 11.3 Å². The van der Waals surface area contributed by atoms with Gasteiger partial charge in [-0.1, -0.05) is 6.42 Å². The molecule has 2 heterocycles. The molecule has 1 fully saturated rings. The zero-order valence-electron chi connectivity index (χ0n) is 10.0. The molecule has 16 heavy (non-hydrogen) atoms. The smallest absolute Gasteiger partial charge is 0.122 e. The van der Waals surface area contributed by atoms with Gasteiger partial charge in [-0.3, -0.25) is 0 Å². The average molecular weight is 240 g/mol. The number of nitrogens with one attached hydrogen (secondary N) is 1. The lowest BCUT2D eigenvalue weighted by Gasteiger charge is -2.21. The molecule has 4 heteroatoms. The SMILES string of the molecule is CCOC(C)c1nc(C2CCCCN2)cs1. The fourth-order valence-corrected chi connectivity index (χ4v) is 2.95. The van der Waals surface area contributed by atoms with Crippen molar-refractivity contribution < 1.29 is 4.74 Å². The zero-order valence-corrected chi connectivity index (χ0v) is 10.8. The fourth-order valence-electron chi connectivity index (χ4n) is 2.07. The summed E-state index contributed by atoms with van der Waals surface area (Å²) >= 11 is 1.72. The number of aromatic nitrogens is 1. The summed E-state index contributed by atoms with van der Waals surface area (Å²) in [5, 5.41) is 6.80. The summed E-state index contributed by atoms with van der Waals surface area (Å²) in [4.78, 5) is 4.68. The molecule has 0 spiro atoms. The first-order valence-corrected chi connectivity index (χ1v) is 6.99. The summed E-state index contributed by atoms with van der Waals surface area (Å²) in [6.45, 7) is 5.96. The highest BCUT2D eigenvalue weighted by Crippen LogP contribution is 2.27. The van der Waals surface area contributed by atoms with Gasteiger partial charge in [0.2, 0.25) is 0 Å². The van der Waals surface area contributed by atoms with Crippen molar-refractivity contribution >= 4 is 11.3 Å². The molecule has 2 atom stereocenters.